The van der Waals surface area contributed by atoms with E-state index in [0.717, 1.165) is 18.7 Å². The van der Waals surface area contributed by atoms with E-state index in [1.165, 1.54) is 27.2 Å². The highest BCUT2D eigenvalue weighted by Gasteiger charge is 2.45. The number of piperazine rings is 1. The summed E-state index contributed by atoms with van der Waals surface area (Å²) in [5.41, 5.74) is 5.18. The number of carbonyl (C=O) groups is 1. The lowest BCUT2D eigenvalue weighted by atomic mass is 9.88. The third-order valence-electron chi connectivity index (χ3n) is 7.99. The monoisotopic (exact) mass is 545 g/mol. The number of fused-ring (bicyclic) bond motifs is 1. The molecule has 3 aromatic carbocycles. The molecule has 2 fully saturated rings. The van der Waals surface area contributed by atoms with E-state index < -0.39 is 15.9 Å². The minimum absolute atomic E-state index is 0.00322. The lowest BCUT2D eigenvalue weighted by molar-refractivity contribution is -0.135. The van der Waals surface area contributed by atoms with Gasteiger partial charge in [0.2, 0.25) is 15.9 Å². The summed E-state index contributed by atoms with van der Waals surface area (Å²) in [4.78, 5) is 18.3. The second-order valence-corrected chi connectivity index (χ2v) is 12.3. The summed E-state index contributed by atoms with van der Waals surface area (Å²) >= 11 is 0. The maximum absolute atomic E-state index is 14.0. The van der Waals surface area contributed by atoms with Gasteiger partial charge in [-0.05, 0) is 59.1 Å². The minimum Gasteiger partial charge on any atom is -0.368 e. The third-order valence-corrected chi connectivity index (χ3v) is 9.86. The summed E-state index contributed by atoms with van der Waals surface area (Å²) in [5, 5.41) is 7.62. The molecule has 0 radical (unpaired) electrons. The molecule has 4 aromatic rings. The molecule has 2 saturated heterocycles. The van der Waals surface area contributed by atoms with Gasteiger partial charge in [0, 0.05) is 50.9 Å². The van der Waals surface area contributed by atoms with E-state index in [9.17, 15) is 13.2 Å². The summed E-state index contributed by atoms with van der Waals surface area (Å²) in [6.45, 7) is 7.20. The van der Waals surface area contributed by atoms with Crippen molar-refractivity contribution >= 4 is 32.7 Å². The van der Waals surface area contributed by atoms with Gasteiger partial charge in [-0.2, -0.15) is 4.31 Å². The Balaban J connectivity index is 1.25. The Bertz CT molecular complexity index is 1610. The Morgan fingerprint density at radius 2 is 1.67 bits per heavy atom. The van der Waals surface area contributed by atoms with Crippen LogP contribution in [0.5, 0.6) is 0 Å². The summed E-state index contributed by atoms with van der Waals surface area (Å²) in [6.07, 6.45) is 0. The number of nitrogens with zero attached hydrogens (tertiary/aromatic N) is 5. The number of sulfonamides is 1. The third kappa shape index (κ3) is 4.68. The van der Waals surface area contributed by atoms with Gasteiger partial charge < -0.3 is 9.80 Å². The van der Waals surface area contributed by atoms with Crippen molar-refractivity contribution in [2.24, 2.45) is 5.92 Å². The SMILES string of the molecule is Cc1ccc(C)c(N2CCN(C(=O)[C@@H]3CN(S(=O)(=O)c4cccc5nonc45)C[C@H]3c3ccccc3)CC2)c1. The highest BCUT2D eigenvalue weighted by molar-refractivity contribution is 7.89. The van der Waals surface area contributed by atoms with Gasteiger partial charge in [0.25, 0.3) is 0 Å². The zero-order valence-corrected chi connectivity index (χ0v) is 22.8. The fraction of sp³-hybridized carbons (Fsp3) is 0.345. The number of anilines is 1. The van der Waals surface area contributed by atoms with Gasteiger partial charge in [0.1, 0.15) is 10.4 Å². The topological polar surface area (TPSA) is 99.8 Å². The van der Waals surface area contributed by atoms with Crippen LogP contribution in [0.15, 0.2) is 76.3 Å². The number of benzene rings is 3. The fourth-order valence-corrected chi connectivity index (χ4v) is 7.47. The number of hydrogen-bond acceptors (Lipinski definition) is 7. The first-order chi connectivity index (χ1) is 18.8. The molecule has 0 N–H and O–H groups in total. The lowest BCUT2D eigenvalue weighted by Gasteiger charge is -2.38. The van der Waals surface area contributed by atoms with E-state index >= 15 is 0 Å². The average molecular weight is 546 g/mol. The molecule has 202 valence electrons. The van der Waals surface area contributed by atoms with E-state index in [2.05, 4.69) is 47.3 Å². The molecular formula is C29H31N5O4S. The van der Waals surface area contributed by atoms with E-state index in [1.54, 1.807) is 12.1 Å². The predicted molar refractivity (Wildman–Crippen MR) is 148 cm³/mol. The van der Waals surface area contributed by atoms with E-state index in [4.69, 9.17) is 4.63 Å². The van der Waals surface area contributed by atoms with E-state index in [1.807, 2.05) is 35.2 Å². The number of aryl methyl sites for hydroxylation is 2. The van der Waals surface area contributed by atoms with Crippen LogP contribution in [0.4, 0.5) is 5.69 Å². The zero-order valence-electron chi connectivity index (χ0n) is 22.0. The first-order valence-corrected chi connectivity index (χ1v) is 14.6. The Kier molecular flexibility index (Phi) is 6.60. The molecule has 2 aliphatic heterocycles. The molecule has 0 aliphatic carbocycles. The molecule has 0 bridgehead atoms. The molecule has 1 amide bonds. The van der Waals surface area contributed by atoms with Gasteiger partial charge in [-0.1, -0.05) is 48.5 Å². The molecular weight excluding hydrogens is 514 g/mol. The van der Waals surface area contributed by atoms with Crippen LogP contribution >= 0.6 is 0 Å². The first kappa shape index (κ1) is 25.5. The molecule has 2 atom stereocenters. The van der Waals surface area contributed by atoms with Gasteiger partial charge >= 0.3 is 0 Å². The van der Waals surface area contributed by atoms with Crippen molar-refractivity contribution in [3.8, 4) is 0 Å². The fourth-order valence-electron chi connectivity index (χ4n) is 5.84. The van der Waals surface area contributed by atoms with Crippen LogP contribution in [0.1, 0.15) is 22.6 Å². The molecule has 0 unspecified atom stereocenters. The Labute approximate surface area is 228 Å². The number of rotatable bonds is 5. The predicted octanol–water partition coefficient (Wildman–Crippen LogP) is 3.59. The Morgan fingerprint density at radius 3 is 2.44 bits per heavy atom. The van der Waals surface area contributed by atoms with Crippen LogP contribution in [0.25, 0.3) is 11.0 Å². The van der Waals surface area contributed by atoms with Crippen LogP contribution in [-0.4, -0.2) is 73.1 Å². The molecule has 0 saturated carbocycles. The van der Waals surface area contributed by atoms with Crippen molar-refractivity contribution in [2.75, 3.05) is 44.2 Å². The smallest absolute Gasteiger partial charge is 0.245 e. The Hall–Kier alpha value is -3.76. The second-order valence-electron chi connectivity index (χ2n) is 10.4. The zero-order chi connectivity index (χ0) is 27.1. The number of carbonyl (C=O) groups excluding carboxylic acids is 1. The summed E-state index contributed by atoms with van der Waals surface area (Å²) in [5.74, 6) is -0.729. The van der Waals surface area contributed by atoms with Gasteiger partial charge in [-0.3, -0.25) is 4.79 Å². The van der Waals surface area contributed by atoms with Crippen LogP contribution in [-0.2, 0) is 14.8 Å². The van der Waals surface area contributed by atoms with Crippen molar-refractivity contribution in [2.45, 2.75) is 24.7 Å². The number of amides is 1. The van der Waals surface area contributed by atoms with Gasteiger partial charge in [-0.25, -0.2) is 13.0 Å². The average Bonchev–Trinajstić information content (AvgIpc) is 3.63. The van der Waals surface area contributed by atoms with Crippen LogP contribution in [0.2, 0.25) is 0 Å². The molecule has 1 aromatic heterocycles. The maximum atomic E-state index is 14.0. The molecule has 10 heteroatoms. The lowest BCUT2D eigenvalue weighted by Crippen LogP contribution is -2.51. The second kappa shape index (κ2) is 10.1. The molecule has 0 spiro atoms. The van der Waals surface area contributed by atoms with Crippen molar-refractivity contribution in [3.63, 3.8) is 0 Å². The van der Waals surface area contributed by atoms with E-state index in [0.29, 0.717) is 18.6 Å². The first-order valence-electron chi connectivity index (χ1n) is 13.2. The largest absolute Gasteiger partial charge is 0.368 e. The van der Waals surface area contributed by atoms with Crippen LogP contribution in [0, 0.1) is 19.8 Å². The number of aromatic nitrogens is 2. The highest BCUT2D eigenvalue weighted by Crippen LogP contribution is 2.38. The molecule has 3 heterocycles. The van der Waals surface area contributed by atoms with E-state index in [-0.39, 0.29) is 35.3 Å². The van der Waals surface area contributed by atoms with Crippen LogP contribution < -0.4 is 4.90 Å². The van der Waals surface area contributed by atoms with Crippen LogP contribution in [0.3, 0.4) is 0 Å². The van der Waals surface area contributed by atoms with Gasteiger partial charge in [-0.15, -0.1) is 0 Å². The van der Waals surface area contributed by atoms with Crippen molar-refractivity contribution in [1.29, 1.82) is 0 Å². The summed E-state index contributed by atoms with van der Waals surface area (Å²) in [7, 11) is -3.94. The molecule has 9 nitrogen and oxygen atoms in total. The number of hydrogen-bond donors (Lipinski definition) is 0. The van der Waals surface area contributed by atoms with Crippen molar-refractivity contribution in [1.82, 2.24) is 19.5 Å². The quantitative estimate of drug-likeness (QED) is 0.378. The summed E-state index contributed by atoms with van der Waals surface area (Å²) < 4.78 is 33.8. The maximum Gasteiger partial charge on any atom is 0.245 e. The Morgan fingerprint density at radius 1 is 0.897 bits per heavy atom. The molecule has 39 heavy (non-hydrogen) atoms. The molecule has 6 rings (SSSR count). The van der Waals surface area contributed by atoms with Gasteiger partial charge in [0.05, 0.1) is 5.92 Å². The standard InChI is InChI=1S/C29H31N5O4S/c1-20-11-12-21(2)26(17-20)32-13-15-33(16-14-32)29(35)24-19-34(18-23(24)22-7-4-3-5-8-22)39(36,37)27-10-6-9-25-28(27)31-38-30-25/h3-12,17,23-24H,13-16,18-19H2,1-2H3/t23-,24+/m0/s1. The van der Waals surface area contributed by atoms with Crippen molar-refractivity contribution in [3.05, 3.63) is 83.4 Å². The molecule has 2 aliphatic rings. The minimum atomic E-state index is -3.94. The highest BCUT2D eigenvalue weighted by atomic mass is 32.2. The van der Waals surface area contributed by atoms with Crippen molar-refractivity contribution < 1.29 is 17.8 Å². The van der Waals surface area contributed by atoms with Gasteiger partial charge in [0.15, 0.2) is 5.52 Å². The normalized spacial score (nSPS) is 20.6. The summed E-state index contributed by atoms with van der Waals surface area (Å²) in [6, 6.07) is 21.0.